The van der Waals surface area contributed by atoms with E-state index in [9.17, 15) is 4.39 Å². The van der Waals surface area contributed by atoms with E-state index < -0.39 is 5.82 Å². The van der Waals surface area contributed by atoms with Gasteiger partial charge in [0.25, 0.3) is 0 Å². The van der Waals surface area contributed by atoms with Gasteiger partial charge in [-0.15, -0.1) is 0 Å². The molecule has 0 bridgehead atoms. The first-order valence-corrected chi connectivity index (χ1v) is 7.11. The Labute approximate surface area is 117 Å². The van der Waals surface area contributed by atoms with Crippen LogP contribution in [-0.2, 0) is 0 Å². The van der Waals surface area contributed by atoms with Gasteiger partial charge in [0.1, 0.15) is 0 Å². The molecule has 0 unspecified atom stereocenters. The monoisotopic (exact) mass is 277 g/mol. The molecule has 5 heteroatoms. The molecule has 1 aliphatic rings. The average molecular weight is 277 g/mol. The minimum atomic E-state index is -0.401. The van der Waals surface area contributed by atoms with Crippen LogP contribution in [0, 0.1) is 11.7 Å². The third kappa shape index (κ3) is 2.11. The zero-order valence-corrected chi connectivity index (χ0v) is 11.9. The Morgan fingerprint density at radius 2 is 2.00 bits per heavy atom. The van der Waals surface area contributed by atoms with Crippen LogP contribution < -0.4 is 10.5 Å². The first kappa shape index (κ1) is 13.2. The Balaban J connectivity index is 2.07. The standard InChI is InChI=1S/C15H20FN3O/c1-9-3-5-10(6-4-9)19-13-8-14(20-2)11(16)7-12(13)18-15(19)17/h7-10H,3-6H2,1-2H3,(H2,17,18). The molecule has 1 aromatic carbocycles. The van der Waals surface area contributed by atoms with Crippen molar-refractivity contribution in [2.24, 2.45) is 5.92 Å². The Hall–Kier alpha value is -1.78. The average Bonchev–Trinajstić information content (AvgIpc) is 2.74. The lowest BCUT2D eigenvalue weighted by molar-refractivity contribution is 0.295. The van der Waals surface area contributed by atoms with Crippen LogP contribution >= 0.6 is 0 Å². The highest BCUT2D eigenvalue weighted by molar-refractivity contribution is 5.80. The lowest BCUT2D eigenvalue weighted by Crippen LogP contribution is -2.18. The number of nitrogen functional groups attached to an aromatic ring is 1. The number of nitrogens with zero attached hydrogens (tertiary/aromatic N) is 2. The summed E-state index contributed by atoms with van der Waals surface area (Å²) in [6, 6.07) is 3.45. The minimum Gasteiger partial charge on any atom is -0.494 e. The number of hydrogen-bond acceptors (Lipinski definition) is 3. The number of anilines is 1. The van der Waals surface area contributed by atoms with Crippen LogP contribution in [0.15, 0.2) is 12.1 Å². The topological polar surface area (TPSA) is 53.1 Å². The number of halogens is 1. The molecule has 0 spiro atoms. The van der Waals surface area contributed by atoms with Crippen LogP contribution in [0.1, 0.15) is 38.6 Å². The van der Waals surface area contributed by atoms with Gasteiger partial charge in [-0.05, 0) is 31.6 Å². The smallest absolute Gasteiger partial charge is 0.201 e. The van der Waals surface area contributed by atoms with Crippen molar-refractivity contribution in [1.82, 2.24) is 9.55 Å². The molecule has 3 rings (SSSR count). The summed E-state index contributed by atoms with van der Waals surface area (Å²) < 4.78 is 20.8. The predicted octanol–water partition coefficient (Wildman–Crippen LogP) is 3.52. The summed E-state index contributed by atoms with van der Waals surface area (Å²) >= 11 is 0. The minimum absolute atomic E-state index is 0.239. The van der Waals surface area contributed by atoms with E-state index >= 15 is 0 Å². The van der Waals surface area contributed by atoms with Gasteiger partial charge >= 0.3 is 0 Å². The molecule has 0 saturated heterocycles. The van der Waals surface area contributed by atoms with Crippen LogP contribution in [0.5, 0.6) is 5.75 Å². The number of fused-ring (bicyclic) bond motifs is 1. The Morgan fingerprint density at radius 1 is 1.30 bits per heavy atom. The van der Waals surface area contributed by atoms with E-state index in [2.05, 4.69) is 11.9 Å². The van der Waals surface area contributed by atoms with Gasteiger partial charge in [0.2, 0.25) is 5.95 Å². The van der Waals surface area contributed by atoms with Crippen molar-refractivity contribution in [3.63, 3.8) is 0 Å². The first-order chi connectivity index (χ1) is 9.60. The number of hydrogen-bond donors (Lipinski definition) is 1. The van der Waals surface area contributed by atoms with Crippen molar-refractivity contribution >= 4 is 17.0 Å². The number of ether oxygens (including phenoxy) is 1. The Morgan fingerprint density at radius 3 is 2.65 bits per heavy atom. The van der Waals surface area contributed by atoms with Gasteiger partial charge in [-0.1, -0.05) is 6.92 Å². The van der Waals surface area contributed by atoms with Crippen LogP contribution in [0.2, 0.25) is 0 Å². The summed E-state index contributed by atoms with van der Waals surface area (Å²) in [7, 11) is 1.47. The maximum absolute atomic E-state index is 13.7. The van der Waals surface area contributed by atoms with Gasteiger partial charge in [-0.25, -0.2) is 9.37 Å². The molecule has 2 N–H and O–H groups in total. The second kappa shape index (κ2) is 4.96. The van der Waals surface area contributed by atoms with Crippen LogP contribution in [0.4, 0.5) is 10.3 Å². The van der Waals surface area contributed by atoms with Crippen molar-refractivity contribution in [2.45, 2.75) is 38.6 Å². The highest BCUT2D eigenvalue weighted by atomic mass is 19.1. The second-order valence-corrected chi connectivity index (χ2v) is 5.73. The molecule has 0 atom stereocenters. The van der Waals surface area contributed by atoms with Gasteiger partial charge in [0.15, 0.2) is 11.6 Å². The lowest BCUT2D eigenvalue weighted by Gasteiger charge is -2.28. The number of nitrogens with two attached hydrogens (primary N) is 1. The van der Waals surface area contributed by atoms with Gasteiger partial charge in [0.05, 0.1) is 18.1 Å². The summed E-state index contributed by atoms with van der Waals surface area (Å²) in [6.45, 7) is 2.28. The third-order valence-corrected chi connectivity index (χ3v) is 4.34. The molecule has 1 fully saturated rings. The van der Waals surface area contributed by atoms with E-state index in [1.807, 2.05) is 4.57 Å². The van der Waals surface area contributed by atoms with E-state index in [4.69, 9.17) is 10.5 Å². The molecule has 1 heterocycles. The van der Waals surface area contributed by atoms with E-state index in [0.717, 1.165) is 24.3 Å². The molecule has 20 heavy (non-hydrogen) atoms. The summed E-state index contributed by atoms with van der Waals surface area (Å²) in [5.74, 6) is 1.08. The highest BCUT2D eigenvalue weighted by Gasteiger charge is 2.24. The summed E-state index contributed by atoms with van der Waals surface area (Å²) in [4.78, 5) is 4.29. The molecule has 1 aliphatic carbocycles. The van der Waals surface area contributed by atoms with Crippen molar-refractivity contribution in [2.75, 3.05) is 12.8 Å². The second-order valence-electron chi connectivity index (χ2n) is 5.73. The molecular formula is C15H20FN3O. The van der Waals surface area contributed by atoms with Crippen molar-refractivity contribution in [1.29, 1.82) is 0 Å². The van der Waals surface area contributed by atoms with Gasteiger partial charge in [-0.3, -0.25) is 0 Å². The number of methoxy groups -OCH3 is 1. The zero-order valence-electron chi connectivity index (χ0n) is 11.9. The van der Waals surface area contributed by atoms with Gasteiger partial charge in [0, 0.05) is 18.2 Å². The molecule has 108 valence electrons. The summed E-state index contributed by atoms with van der Waals surface area (Å²) in [5.41, 5.74) is 7.51. The molecule has 2 aromatic rings. The fourth-order valence-electron chi connectivity index (χ4n) is 3.16. The molecule has 4 nitrogen and oxygen atoms in total. The van der Waals surface area contributed by atoms with Crippen molar-refractivity contribution < 1.29 is 9.13 Å². The first-order valence-electron chi connectivity index (χ1n) is 7.11. The SMILES string of the molecule is COc1cc2c(cc1F)nc(N)n2C1CCC(C)CC1. The Kier molecular flexibility index (Phi) is 3.28. The Bertz CT molecular complexity index is 630. The predicted molar refractivity (Wildman–Crippen MR) is 77.3 cm³/mol. The lowest BCUT2D eigenvalue weighted by atomic mass is 9.87. The van der Waals surface area contributed by atoms with Crippen LogP contribution in [0.25, 0.3) is 11.0 Å². The fraction of sp³-hybridized carbons (Fsp3) is 0.533. The normalized spacial score (nSPS) is 23.1. The number of imidazole rings is 1. The molecule has 1 aromatic heterocycles. The number of benzene rings is 1. The number of aromatic nitrogens is 2. The van der Waals surface area contributed by atoms with Crippen molar-refractivity contribution in [3.8, 4) is 5.75 Å². The molecule has 1 saturated carbocycles. The molecule has 0 amide bonds. The molecular weight excluding hydrogens is 257 g/mol. The fourth-order valence-corrected chi connectivity index (χ4v) is 3.16. The zero-order chi connectivity index (χ0) is 14.3. The van der Waals surface area contributed by atoms with E-state index in [0.29, 0.717) is 17.5 Å². The van der Waals surface area contributed by atoms with Crippen molar-refractivity contribution in [3.05, 3.63) is 17.9 Å². The summed E-state index contributed by atoms with van der Waals surface area (Å²) in [6.07, 6.45) is 4.58. The quantitative estimate of drug-likeness (QED) is 0.913. The van der Waals surface area contributed by atoms with Crippen LogP contribution in [0.3, 0.4) is 0 Å². The maximum atomic E-state index is 13.7. The number of rotatable bonds is 2. The van der Waals surface area contributed by atoms with Gasteiger partial charge < -0.3 is 15.0 Å². The highest BCUT2D eigenvalue weighted by Crippen LogP contribution is 2.37. The largest absolute Gasteiger partial charge is 0.494 e. The van der Waals surface area contributed by atoms with Gasteiger partial charge in [-0.2, -0.15) is 0 Å². The van der Waals surface area contributed by atoms with E-state index in [1.54, 1.807) is 6.07 Å². The summed E-state index contributed by atoms with van der Waals surface area (Å²) in [5, 5.41) is 0. The van der Waals surface area contributed by atoms with E-state index in [-0.39, 0.29) is 5.75 Å². The van der Waals surface area contributed by atoms with Crippen LogP contribution in [-0.4, -0.2) is 16.7 Å². The van der Waals surface area contributed by atoms with E-state index in [1.165, 1.54) is 26.0 Å². The molecule has 0 radical (unpaired) electrons. The maximum Gasteiger partial charge on any atom is 0.201 e. The third-order valence-electron chi connectivity index (χ3n) is 4.34. The molecule has 0 aliphatic heterocycles.